The summed E-state index contributed by atoms with van der Waals surface area (Å²) in [6, 6.07) is 6.68. The van der Waals surface area contributed by atoms with E-state index in [4.69, 9.17) is 11.6 Å². The molecule has 1 unspecified atom stereocenters. The van der Waals surface area contributed by atoms with Gasteiger partial charge in [-0.15, -0.1) is 0 Å². The van der Waals surface area contributed by atoms with E-state index in [-0.39, 0.29) is 0 Å². The summed E-state index contributed by atoms with van der Waals surface area (Å²) in [4.78, 5) is 0. The van der Waals surface area contributed by atoms with Gasteiger partial charge in [0.05, 0.1) is 5.69 Å². The van der Waals surface area contributed by atoms with Crippen LogP contribution >= 0.6 is 11.6 Å². The van der Waals surface area contributed by atoms with Gasteiger partial charge in [0.15, 0.2) is 0 Å². The predicted octanol–water partition coefficient (Wildman–Crippen LogP) is 3.41. The Morgan fingerprint density at radius 2 is 2.30 bits per heavy atom. The molecule has 0 aliphatic heterocycles. The summed E-state index contributed by atoms with van der Waals surface area (Å²) in [5, 5.41) is 8.99. The molecule has 1 aliphatic rings. The number of hydrogen-bond acceptors (Lipinski definition) is 2. The molecule has 106 valence electrons. The van der Waals surface area contributed by atoms with E-state index in [9.17, 15) is 0 Å². The molecule has 1 heterocycles. The number of hydrogen-bond donors (Lipinski definition) is 1. The van der Waals surface area contributed by atoms with Gasteiger partial charge in [0.2, 0.25) is 0 Å². The molecule has 0 saturated carbocycles. The predicted molar refractivity (Wildman–Crippen MR) is 81.9 cm³/mol. The summed E-state index contributed by atoms with van der Waals surface area (Å²) in [6.45, 7) is 3.03. The fraction of sp³-hybridized carbons (Fsp3) is 0.438. The molecule has 0 amide bonds. The van der Waals surface area contributed by atoms with Crippen LogP contribution in [0, 0.1) is 0 Å². The number of nitrogens with zero attached hydrogens (tertiary/aromatic N) is 2. The van der Waals surface area contributed by atoms with Gasteiger partial charge in [-0.25, -0.2) is 0 Å². The third-order valence-corrected chi connectivity index (χ3v) is 4.28. The lowest BCUT2D eigenvalue weighted by molar-refractivity contribution is 0.529. The van der Waals surface area contributed by atoms with Crippen LogP contribution in [0.15, 0.2) is 24.4 Å². The smallest absolute Gasteiger partial charge is 0.0666 e. The number of rotatable bonds is 4. The minimum absolute atomic E-state index is 0.437. The Bertz CT molecular complexity index is 618. The number of halogens is 1. The molecule has 2 aromatic rings. The average molecular weight is 290 g/mol. The molecule has 3 rings (SSSR count). The Kier molecular flexibility index (Phi) is 3.81. The molecule has 1 aromatic heterocycles. The first-order valence-corrected chi connectivity index (χ1v) is 7.58. The van der Waals surface area contributed by atoms with Crippen molar-refractivity contribution < 1.29 is 0 Å². The van der Waals surface area contributed by atoms with Crippen LogP contribution in [0.3, 0.4) is 0 Å². The van der Waals surface area contributed by atoms with Crippen molar-refractivity contribution >= 4 is 11.6 Å². The van der Waals surface area contributed by atoms with Crippen molar-refractivity contribution in [1.29, 1.82) is 0 Å². The molecule has 1 N–H and O–H groups in total. The fourth-order valence-corrected chi connectivity index (χ4v) is 3.25. The SMILES string of the molecule is CCc1nn(C)cc1CNC1CCc2cc(Cl)ccc21. The topological polar surface area (TPSA) is 29.9 Å². The lowest BCUT2D eigenvalue weighted by Gasteiger charge is -2.14. The van der Waals surface area contributed by atoms with Gasteiger partial charge in [-0.1, -0.05) is 24.6 Å². The van der Waals surface area contributed by atoms with Gasteiger partial charge < -0.3 is 5.32 Å². The van der Waals surface area contributed by atoms with Gasteiger partial charge in [-0.05, 0) is 42.5 Å². The zero-order valence-electron chi connectivity index (χ0n) is 12.0. The van der Waals surface area contributed by atoms with E-state index in [1.54, 1.807) is 0 Å². The highest BCUT2D eigenvalue weighted by Crippen LogP contribution is 2.33. The van der Waals surface area contributed by atoms with Crippen LogP contribution in [0.2, 0.25) is 5.02 Å². The minimum Gasteiger partial charge on any atom is -0.306 e. The van der Waals surface area contributed by atoms with Crippen molar-refractivity contribution in [1.82, 2.24) is 15.1 Å². The molecule has 1 aromatic carbocycles. The number of fused-ring (bicyclic) bond motifs is 1. The van der Waals surface area contributed by atoms with Crippen molar-refractivity contribution in [2.45, 2.75) is 38.8 Å². The third-order valence-electron chi connectivity index (χ3n) is 4.05. The quantitative estimate of drug-likeness (QED) is 0.935. The van der Waals surface area contributed by atoms with Crippen molar-refractivity contribution in [2.75, 3.05) is 0 Å². The number of benzene rings is 1. The third kappa shape index (κ3) is 2.60. The zero-order valence-corrected chi connectivity index (χ0v) is 12.7. The van der Waals surface area contributed by atoms with E-state index >= 15 is 0 Å². The Morgan fingerprint density at radius 1 is 1.45 bits per heavy atom. The maximum absolute atomic E-state index is 6.05. The van der Waals surface area contributed by atoms with E-state index in [1.807, 2.05) is 17.8 Å². The maximum atomic E-state index is 6.05. The largest absolute Gasteiger partial charge is 0.306 e. The van der Waals surface area contributed by atoms with Crippen molar-refractivity contribution in [3.63, 3.8) is 0 Å². The highest BCUT2D eigenvalue weighted by molar-refractivity contribution is 6.30. The molecular weight excluding hydrogens is 270 g/mol. The summed E-state index contributed by atoms with van der Waals surface area (Å²) < 4.78 is 1.90. The molecule has 0 spiro atoms. The molecular formula is C16H20ClN3. The first kappa shape index (κ1) is 13.7. The summed E-state index contributed by atoms with van der Waals surface area (Å²) in [5.41, 5.74) is 5.28. The van der Waals surface area contributed by atoms with Crippen LogP contribution in [-0.2, 0) is 26.4 Å². The molecule has 1 aliphatic carbocycles. The molecule has 3 nitrogen and oxygen atoms in total. The zero-order chi connectivity index (χ0) is 14.1. The summed E-state index contributed by atoms with van der Waals surface area (Å²) in [6.07, 6.45) is 5.36. The summed E-state index contributed by atoms with van der Waals surface area (Å²) in [5.74, 6) is 0. The lowest BCUT2D eigenvalue weighted by Crippen LogP contribution is -2.19. The average Bonchev–Trinajstić information content (AvgIpc) is 2.99. The Balaban J connectivity index is 1.71. The molecule has 4 heteroatoms. The van der Waals surface area contributed by atoms with Gasteiger partial charge in [0, 0.05) is 36.4 Å². The lowest BCUT2D eigenvalue weighted by atomic mass is 10.1. The van der Waals surface area contributed by atoms with E-state index in [0.29, 0.717) is 6.04 Å². The van der Waals surface area contributed by atoms with Crippen LogP contribution in [-0.4, -0.2) is 9.78 Å². The molecule has 0 saturated heterocycles. The molecule has 20 heavy (non-hydrogen) atoms. The van der Waals surface area contributed by atoms with Crippen LogP contribution in [0.25, 0.3) is 0 Å². The number of nitrogens with one attached hydrogen (secondary N) is 1. The first-order valence-electron chi connectivity index (χ1n) is 7.20. The maximum Gasteiger partial charge on any atom is 0.0666 e. The second-order valence-corrected chi connectivity index (χ2v) is 5.88. The monoisotopic (exact) mass is 289 g/mol. The van der Waals surface area contributed by atoms with Gasteiger partial charge in [0.25, 0.3) is 0 Å². The summed E-state index contributed by atoms with van der Waals surface area (Å²) in [7, 11) is 1.98. The highest BCUT2D eigenvalue weighted by atomic mass is 35.5. The number of aromatic nitrogens is 2. The Morgan fingerprint density at radius 3 is 3.10 bits per heavy atom. The first-order chi connectivity index (χ1) is 9.67. The van der Waals surface area contributed by atoms with E-state index in [0.717, 1.165) is 30.8 Å². The molecule has 0 radical (unpaired) electrons. The van der Waals surface area contributed by atoms with Gasteiger partial charge >= 0.3 is 0 Å². The molecule has 0 bridgehead atoms. The van der Waals surface area contributed by atoms with Crippen molar-refractivity contribution in [3.8, 4) is 0 Å². The molecule has 0 fully saturated rings. The fourth-order valence-electron chi connectivity index (χ4n) is 3.06. The Labute approximate surface area is 124 Å². The van der Waals surface area contributed by atoms with Gasteiger partial charge in [-0.3, -0.25) is 4.68 Å². The highest BCUT2D eigenvalue weighted by Gasteiger charge is 2.22. The van der Waals surface area contributed by atoms with E-state index in [1.165, 1.54) is 22.4 Å². The van der Waals surface area contributed by atoms with Crippen molar-refractivity contribution in [3.05, 3.63) is 51.8 Å². The van der Waals surface area contributed by atoms with Crippen LogP contribution in [0.1, 0.15) is 41.8 Å². The van der Waals surface area contributed by atoms with Crippen LogP contribution in [0.4, 0.5) is 0 Å². The Hall–Kier alpha value is -1.32. The second kappa shape index (κ2) is 5.58. The van der Waals surface area contributed by atoms with E-state index < -0.39 is 0 Å². The van der Waals surface area contributed by atoms with E-state index in [2.05, 4.69) is 35.7 Å². The van der Waals surface area contributed by atoms with Gasteiger partial charge in [0.1, 0.15) is 0 Å². The second-order valence-electron chi connectivity index (χ2n) is 5.44. The standard InChI is InChI=1S/C16H20ClN3/c1-3-15-12(10-20(2)19-15)9-18-16-7-4-11-8-13(17)5-6-14(11)16/h5-6,8,10,16,18H,3-4,7,9H2,1-2H3. The van der Waals surface area contributed by atoms with Gasteiger partial charge in [-0.2, -0.15) is 5.10 Å². The summed E-state index contributed by atoms with van der Waals surface area (Å²) >= 11 is 6.05. The minimum atomic E-state index is 0.437. The van der Waals surface area contributed by atoms with Crippen molar-refractivity contribution in [2.24, 2.45) is 7.05 Å². The normalized spacial score (nSPS) is 17.4. The molecule has 1 atom stereocenters. The number of aryl methyl sites for hydroxylation is 3. The van der Waals surface area contributed by atoms with Crippen LogP contribution in [0.5, 0.6) is 0 Å². The van der Waals surface area contributed by atoms with Crippen LogP contribution < -0.4 is 5.32 Å².